The lowest BCUT2D eigenvalue weighted by molar-refractivity contribution is -0.127. The molecule has 4 amide bonds. The molecule has 3 N–H and O–H groups in total. The lowest BCUT2D eigenvalue weighted by atomic mass is 10.1. The van der Waals surface area contributed by atoms with Gasteiger partial charge in [-0.1, -0.05) is 6.07 Å². The largest absolute Gasteiger partial charge is 0.493 e. The highest BCUT2D eigenvalue weighted by atomic mass is 32.2. The van der Waals surface area contributed by atoms with E-state index in [4.69, 9.17) is 9.47 Å². The second-order valence-electron chi connectivity index (χ2n) is 7.20. The number of amides is 4. The van der Waals surface area contributed by atoms with Gasteiger partial charge in [-0.25, -0.2) is 4.79 Å². The van der Waals surface area contributed by atoms with E-state index in [0.717, 1.165) is 11.3 Å². The summed E-state index contributed by atoms with van der Waals surface area (Å²) < 4.78 is 10.5. The molecule has 0 bridgehead atoms. The summed E-state index contributed by atoms with van der Waals surface area (Å²) in [5.74, 6) is 1.44. The molecule has 1 aliphatic heterocycles. The molecule has 1 heterocycles. The molecule has 2 rings (SSSR count). The lowest BCUT2D eigenvalue weighted by Crippen LogP contribution is -2.39. The van der Waals surface area contributed by atoms with E-state index in [1.807, 2.05) is 18.4 Å². The second kappa shape index (κ2) is 12.4. The SMILES string of the molecule is COc1ccc(CCN2C(=O)N[C@@H](CCC(=O)N[C@@H](CO)CCSC)C2=O)cc1OC. The van der Waals surface area contributed by atoms with Gasteiger partial charge in [-0.3, -0.25) is 14.5 Å². The number of nitrogens with one attached hydrogen (secondary N) is 2. The van der Waals surface area contributed by atoms with Crippen LogP contribution in [-0.2, 0) is 16.0 Å². The number of hydrogen-bond donors (Lipinski definition) is 3. The van der Waals surface area contributed by atoms with Crippen LogP contribution in [0.15, 0.2) is 18.2 Å². The van der Waals surface area contributed by atoms with E-state index < -0.39 is 12.1 Å². The summed E-state index contributed by atoms with van der Waals surface area (Å²) >= 11 is 1.64. The van der Waals surface area contributed by atoms with Crippen molar-refractivity contribution in [2.45, 2.75) is 37.8 Å². The molecule has 0 saturated carbocycles. The maximum Gasteiger partial charge on any atom is 0.324 e. The van der Waals surface area contributed by atoms with Crippen molar-refractivity contribution in [2.24, 2.45) is 0 Å². The van der Waals surface area contributed by atoms with Gasteiger partial charge in [0.25, 0.3) is 5.91 Å². The molecule has 1 fully saturated rings. The number of nitrogens with zero attached hydrogens (tertiary/aromatic N) is 1. The second-order valence-corrected chi connectivity index (χ2v) is 8.18. The molecule has 31 heavy (non-hydrogen) atoms. The first-order valence-corrected chi connectivity index (χ1v) is 11.5. The molecule has 0 aliphatic carbocycles. The maximum absolute atomic E-state index is 12.6. The Hall–Kier alpha value is -2.46. The van der Waals surface area contributed by atoms with Gasteiger partial charge in [0.05, 0.1) is 26.9 Å². The molecule has 0 spiro atoms. The molecule has 0 unspecified atom stereocenters. The Morgan fingerprint density at radius 2 is 2.03 bits per heavy atom. The van der Waals surface area contributed by atoms with Crippen molar-refractivity contribution in [1.29, 1.82) is 0 Å². The van der Waals surface area contributed by atoms with Crippen LogP contribution in [0.3, 0.4) is 0 Å². The van der Waals surface area contributed by atoms with Crippen molar-refractivity contribution in [3.8, 4) is 11.5 Å². The quantitative estimate of drug-likeness (QED) is 0.384. The number of hydrogen-bond acceptors (Lipinski definition) is 7. The predicted octanol–water partition coefficient (Wildman–Crippen LogP) is 1.18. The van der Waals surface area contributed by atoms with Gasteiger partial charge in [-0.2, -0.15) is 11.8 Å². The first-order chi connectivity index (χ1) is 14.9. The van der Waals surface area contributed by atoms with Gasteiger partial charge in [0.15, 0.2) is 11.5 Å². The van der Waals surface area contributed by atoms with Crippen LogP contribution in [0.4, 0.5) is 4.79 Å². The van der Waals surface area contributed by atoms with E-state index in [0.29, 0.717) is 24.3 Å². The highest BCUT2D eigenvalue weighted by Crippen LogP contribution is 2.28. The number of carbonyl (C=O) groups is 3. The summed E-state index contributed by atoms with van der Waals surface area (Å²) in [6.45, 7) is 0.0967. The number of carbonyl (C=O) groups excluding carboxylic acids is 3. The molecule has 9 nitrogen and oxygen atoms in total. The fraction of sp³-hybridized carbons (Fsp3) is 0.571. The van der Waals surface area contributed by atoms with E-state index in [-0.39, 0.29) is 43.8 Å². The highest BCUT2D eigenvalue weighted by Gasteiger charge is 2.37. The molecular weight excluding hydrogens is 422 g/mol. The first-order valence-electron chi connectivity index (χ1n) is 10.1. The number of urea groups is 1. The Balaban J connectivity index is 1.85. The number of ether oxygens (including phenoxy) is 2. The Morgan fingerprint density at radius 3 is 2.68 bits per heavy atom. The molecule has 1 saturated heterocycles. The van der Waals surface area contributed by atoms with E-state index in [9.17, 15) is 19.5 Å². The van der Waals surface area contributed by atoms with Crippen molar-refractivity contribution in [1.82, 2.24) is 15.5 Å². The fourth-order valence-electron chi connectivity index (χ4n) is 3.31. The smallest absolute Gasteiger partial charge is 0.324 e. The van der Waals surface area contributed by atoms with Crippen molar-refractivity contribution >= 4 is 29.6 Å². The minimum Gasteiger partial charge on any atom is -0.493 e. The predicted molar refractivity (Wildman–Crippen MR) is 119 cm³/mol. The van der Waals surface area contributed by atoms with Gasteiger partial charge in [-0.15, -0.1) is 0 Å². The zero-order valence-electron chi connectivity index (χ0n) is 18.2. The van der Waals surface area contributed by atoms with Crippen LogP contribution in [0, 0.1) is 0 Å². The third-order valence-corrected chi connectivity index (χ3v) is 5.74. The molecule has 172 valence electrons. The summed E-state index contributed by atoms with van der Waals surface area (Å²) in [7, 11) is 3.10. The monoisotopic (exact) mass is 453 g/mol. The van der Waals surface area contributed by atoms with Gasteiger partial charge >= 0.3 is 6.03 Å². The van der Waals surface area contributed by atoms with Gasteiger partial charge in [-0.05, 0) is 49.0 Å². The molecule has 1 aliphatic rings. The average Bonchev–Trinajstić information content (AvgIpc) is 3.05. The number of methoxy groups -OCH3 is 2. The van der Waals surface area contributed by atoms with Gasteiger partial charge in [0.1, 0.15) is 6.04 Å². The molecule has 0 aromatic heterocycles. The molecule has 1 aromatic carbocycles. The average molecular weight is 454 g/mol. The third-order valence-electron chi connectivity index (χ3n) is 5.10. The van der Waals surface area contributed by atoms with Crippen LogP contribution in [0.2, 0.25) is 0 Å². The molecule has 10 heteroatoms. The van der Waals surface area contributed by atoms with Gasteiger partial charge in [0.2, 0.25) is 5.91 Å². The van der Waals surface area contributed by atoms with E-state index in [2.05, 4.69) is 10.6 Å². The summed E-state index contributed by atoms with van der Waals surface area (Å²) in [5.41, 5.74) is 0.904. The fourth-order valence-corrected chi connectivity index (χ4v) is 3.83. The highest BCUT2D eigenvalue weighted by molar-refractivity contribution is 7.98. The zero-order chi connectivity index (χ0) is 22.8. The number of benzene rings is 1. The third kappa shape index (κ3) is 7.03. The van der Waals surface area contributed by atoms with Crippen molar-refractivity contribution in [3.05, 3.63) is 23.8 Å². The van der Waals surface area contributed by atoms with Gasteiger partial charge < -0.3 is 25.2 Å². The maximum atomic E-state index is 12.6. The number of rotatable bonds is 13. The minimum absolute atomic E-state index is 0.0932. The van der Waals surface area contributed by atoms with Crippen molar-refractivity contribution < 1.29 is 29.0 Å². The Bertz CT molecular complexity index is 775. The summed E-state index contributed by atoms with van der Waals surface area (Å²) in [4.78, 5) is 38.2. The molecule has 2 atom stereocenters. The molecular formula is C21H31N3O6S. The number of aliphatic hydroxyl groups excluding tert-OH is 1. The van der Waals surface area contributed by atoms with Crippen LogP contribution in [0.1, 0.15) is 24.8 Å². The Labute approximate surface area is 186 Å². The van der Waals surface area contributed by atoms with E-state index in [1.54, 1.807) is 32.0 Å². The summed E-state index contributed by atoms with van der Waals surface area (Å²) in [6.07, 6.45) is 3.41. The van der Waals surface area contributed by atoms with Crippen LogP contribution in [-0.4, -0.2) is 79.3 Å². The van der Waals surface area contributed by atoms with E-state index in [1.165, 1.54) is 4.90 Å². The Morgan fingerprint density at radius 1 is 1.29 bits per heavy atom. The van der Waals surface area contributed by atoms with Crippen LogP contribution >= 0.6 is 11.8 Å². The normalized spacial score (nSPS) is 16.8. The molecule has 1 aromatic rings. The topological polar surface area (TPSA) is 117 Å². The summed E-state index contributed by atoms with van der Waals surface area (Å²) in [6, 6.07) is 3.97. The number of thioether (sulfide) groups is 1. The van der Waals surface area contributed by atoms with E-state index >= 15 is 0 Å². The standard InChI is InChI=1S/C21H31N3O6S/c1-29-17-6-4-14(12-18(17)30-2)8-10-24-20(27)16(23-21(24)28)5-7-19(26)22-15(13-25)9-11-31-3/h4,6,12,15-16,25H,5,7-11,13H2,1-3H3,(H,22,26)(H,23,28)/t15-,16+/m1/s1. The zero-order valence-corrected chi connectivity index (χ0v) is 19.0. The minimum atomic E-state index is -0.720. The van der Waals surface area contributed by atoms with Crippen LogP contribution in [0.5, 0.6) is 11.5 Å². The van der Waals surface area contributed by atoms with Crippen LogP contribution < -0.4 is 20.1 Å². The first kappa shape index (κ1) is 24.8. The van der Waals surface area contributed by atoms with Crippen molar-refractivity contribution in [2.75, 3.05) is 39.4 Å². The Kier molecular flexibility index (Phi) is 9.93. The molecule has 0 radical (unpaired) electrons. The van der Waals surface area contributed by atoms with Crippen LogP contribution in [0.25, 0.3) is 0 Å². The number of aliphatic hydroxyl groups is 1. The number of imide groups is 1. The lowest BCUT2D eigenvalue weighted by Gasteiger charge is -2.16. The summed E-state index contributed by atoms with van der Waals surface area (Å²) in [5, 5.41) is 14.8. The van der Waals surface area contributed by atoms with Crippen molar-refractivity contribution in [3.63, 3.8) is 0 Å². The van der Waals surface area contributed by atoms with Gasteiger partial charge in [0, 0.05) is 13.0 Å².